The van der Waals surface area contributed by atoms with Crippen LogP contribution in [0.3, 0.4) is 0 Å². The maximum absolute atomic E-state index is 8.65. The summed E-state index contributed by atoms with van der Waals surface area (Å²) in [5.74, 6) is 1.34. The zero-order valence-corrected chi connectivity index (χ0v) is 10.9. The second kappa shape index (κ2) is 5.03. The molecule has 102 valence electrons. The maximum atomic E-state index is 8.65. The van der Waals surface area contributed by atoms with Gasteiger partial charge in [0.15, 0.2) is 0 Å². The molecule has 0 aromatic carbocycles. The maximum Gasteiger partial charge on any atom is 0.140 e. The first kappa shape index (κ1) is 12.2. The molecule has 1 saturated carbocycles. The molecule has 0 radical (unpaired) electrons. The van der Waals surface area contributed by atoms with Crippen LogP contribution in [0.5, 0.6) is 0 Å². The molecule has 0 bridgehead atoms. The van der Waals surface area contributed by atoms with E-state index in [0.29, 0.717) is 12.5 Å². The lowest BCUT2D eigenvalue weighted by Crippen LogP contribution is -2.31. The third-order valence-corrected chi connectivity index (χ3v) is 3.85. The summed E-state index contributed by atoms with van der Waals surface area (Å²) < 4.78 is 0. The van der Waals surface area contributed by atoms with Crippen molar-refractivity contribution in [3.63, 3.8) is 0 Å². The van der Waals surface area contributed by atoms with Crippen molar-refractivity contribution in [2.45, 2.75) is 44.6 Å². The monoisotopic (exact) mass is 261 g/mol. The summed E-state index contributed by atoms with van der Waals surface area (Å²) in [6.45, 7) is 0.754. The van der Waals surface area contributed by atoms with E-state index in [9.17, 15) is 0 Å². The van der Waals surface area contributed by atoms with Gasteiger partial charge in [-0.3, -0.25) is 0 Å². The summed E-state index contributed by atoms with van der Waals surface area (Å²) in [6.07, 6.45) is 7.93. The minimum absolute atomic E-state index is 0.274. The standard InChI is InChI=1S/C13H19N5O/c14-12(17-19)6-7-18(9-4-5-9)13-10-2-1-3-11(10)15-8-16-13/h8-9,19H,1-7H2,(H2,14,17). The molecule has 2 aliphatic rings. The molecule has 0 unspecified atom stereocenters. The number of fused-ring (bicyclic) bond motifs is 1. The topological polar surface area (TPSA) is 87.6 Å². The quantitative estimate of drug-likeness (QED) is 0.358. The molecule has 3 N–H and O–H groups in total. The highest BCUT2D eigenvalue weighted by atomic mass is 16.4. The van der Waals surface area contributed by atoms with Crippen molar-refractivity contribution in [3.05, 3.63) is 17.6 Å². The highest BCUT2D eigenvalue weighted by molar-refractivity contribution is 5.80. The van der Waals surface area contributed by atoms with Crippen LogP contribution in [-0.4, -0.2) is 33.6 Å². The molecule has 0 saturated heterocycles. The number of oxime groups is 1. The second-order valence-corrected chi connectivity index (χ2v) is 5.24. The molecule has 19 heavy (non-hydrogen) atoms. The Morgan fingerprint density at radius 3 is 3.00 bits per heavy atom. The highest BCUT2D eigenvalue weighted by Gasteiger charge is 2.32. The Morgan fingerprint density at radius 1 is 1.42 bits per heavy atom. The number of nitrogens with two attached hydrogens (primary N) is 1. The molecule has 1 heterocycles. The van der Waals surface area contributed by atoms with Gasteiger partial charge >= 0.3 is 0 Å². The molecule has 1 aromatic rings. The molecule has 0 spiro atoms. The zero-order chi connectivity index (χ0) is 13.2. The SMILES string of the molecule is NC(CCN(c1ncnc2c1CCC2)C1CC1)=NO. The van der Waals surface area contributed by atoms with Gasteiger partial charge in [-0.15, -0.1) is 0 Å². The van der Waals surface area contributed by atoms with Gasteiger partial charge in [-0.2, -0.15) is 0 Å². The van der Waals surface area contributed by atoms with Gasteiger partial charge in [0.1, 0.15) is 18.0 Å². The van der Waals surface area contributed by atoms with E-state index in [1.165, 1.54) is 30.5 Å². The molecule has 6 heteroatoms. The predicted octanol–water partition coefficient (Wildman–Crippen LogP) is 1.07. The van der Waals surface area contributed by atoms with E-state index in [2.05, 4.69) is 20.0 Å². The number of rotatable bonds is 5. The first-order chi connectivity index (χ1) is 9.29. The summed E-state index contributed by atoms with van der Waals surface area (Å²) >= 11 is 0. The van der Waals surface area contributed by atoms with Crippen LogP contribution >= 0.6 is 0 Å². The smallest absolute Gasteiger partial charge is 0.140 e. The van der Waals surface area contributed by atoms with Crippen LogP contribution < -0.4 is 10.6 Å². The van der Waals surface area contributed by atoms with Crippen molar-refractivity contribution in [3.8, 4) is 0 Å². The number of hydrogen-bond donors (Lipinski definition) is 2. The first-order valence-electron chi connectivity index (χ1n) is 6.85. The Morgan fingerprint density at radius 2 is 2.26 bits per heavy atom. The Labute approximate surface area is 112 Å². The largest absolute Gasteiger partial charge is 0.409 e. The minimum Gasteiger partial charge on any atom is -0.409 e. The molecule has 6 nitrogen and oxygen atoms in total. The third kappa shape index (κ3) is 2.47. The van der Waals surface area contributed by atoms with Crippen LogP contribution in [0.4, 0.5) is 5.82 Å². The van der Waals surface area contributed by atoms with Crippen LogP contribution in [0.15, 0.2) is 11.5 Å². The molecule has 0 atom stereocenters. The zero-order valence-electron chi connectivity index (χ0n) is 10.9. The van der Waals surface area contributed by atoms with E-state index in [1.807, 2.05) is 0 Å². The van der Waals surface area contributed by atoms with Crippen molar-refractivity contribution in [1.29, 1.82) is 0 Å². The fraction of sp³-hybridized carbons (Fsp3) is 0.615. The average molecular weight is 261 g/mol. The lowest BCUT2D eigenvalue weighted by molar-refractivity contribution is 0.317. The first-order valence-corrected chi connectivity index (χ1v) is 6.85. The van der Waals surface area contributed by atoms with Gasteiger partial charge in [0, 0.05) is 30.3 Å². The van der Waals surface area contributed by atoms with Gasteiger partial charge in [-0.05, 0) is 32.1 Å². The van der Waals surface area contributed by atoms with E-state index < -0.39 is 0 Å². The number of hydrogen-bond acceptors (Lipinski definition) is 5. The summed E-state index contributed by atoms with van der Waals surface area (Å²) in [5, 5.41) is 11.7. The van der Waals surface area contributed by atoms with Crippen LogP contribution in [0.2, 0.25) is 0 Å². The van der Waals surface area contributed by atoms with Crippen molar-refractivity contribution in [2.24, 2.45) is 10.9 Å². The number of aromatic nitrogens is 2. The Kier molecular flexibility index (Phi) is 3.23. The van der Waals surface area contributed by atoms with Crippen LogP contribution in [0, 0.1) is 0 Å². The molecule has 0 aliphatic heterocycles. The number of aryl methyl sites for hydroxylation is 1. The van der Waals surface area contributed by atoms with E-state index in [1.54, 1.807) is 6.33 Å². The van der Waals surface area contributed by atoms with Crippen LogP contribution in [-0.2, 0) is 12.8 Å². The van der Waals surface area contributed by atoms with Gasteiger partial charge in [0.05, 0.1) is 0 Å². The predicted molar refractivity (Wildman–Crippen MR) is 72.5 cm³/mol. The summed E-state index contributed by atoms with van der Waals surface area (Å²) in [5.41, 5.74) is 8.07. The summed E-state index contributed by atoms with van der Waals surface area (Å²) in [6, 6.07) is 0.561. The van der Waals surface area contributed by atoms with E-state index in [4.69, 9.17) is 10.9 Å². The third-order valence-electron chi connectivity index (χ3n) is 3.85. The summed E-state index contributed by atoms with van der Waals surface area (Å²) in [7, 11) is 0. The number of nitrogens with zero attached hydrogens (tertiary/aromatic N) is 4. The number of amidine groups is 1. The van der Waals surface area contributed by atoms with Gasteiger partial charge in [0.2, 0.25) is 0 Å². The van der Waals surface area contributed by atoms with Gasteiger partial charge in [-0.1, -0.05) is 5.16 Å². The van der Waals surface area contributed by atoms with Gasteiger partial charge in [-0.25, -0.2) is 9.97 Å². The highest BCUT2D eigenvalue weighted by Crippen LogP contribution is 2.35. The molecule has 1 fully saturated rings. The number of anilines is 1. The second-order valence-electron chi connectivity index (χ2n) is 5.24. The van der Waals surface area contributed by atoms with Crippen molar-refractivity contribution in [1.82, 2.24) is 9.97 Å². The Balaban J connectivity index is 1.82. The van der Waals surface area contributed by atoms with Crippen molar-refractivity contribution >= 4 is 11.7 Å². The van der Waals surface area contributed by atoms with Gasteiger partial charge < -0.3 is 15.8 Å². The van der Waals surface area contributed by atoms with Crippen LogP contribution in [0.25, 0.3) is 0 Å². The molecule has 3 rings (SSSR count). The fourth-order valence-electron chi connectivity index (χ4n) is 2.72. The molecule has 1 aromatic heterocycles. The Hall–Kier alpha value is -1.85. The fourth-order valence-corrected chi connectivity index (χ4v) is 2.72. The molecular weight excluding hydrogens is 242 g/mol. The molecule has 2 aliphatic carbocycles. The minimum atomic E-state index is 0.274. The van der Waals surface area contributed by atoms with E-state index >= 15 is 0 Å². The lowest BCUT2D eigenvalue weighted by Gasteiger charge is -2.25. The normalized spacial score (nSPS) is 18.4. The van der Waals surface area contributed by atoms with Crippen molar-refractivity contribution < 1.29 is 5.21 Å². The van der Waals surface area contributed by atoms with E-state index in [-0.39, 0.29) is 5.84 Å². The summed E-state index contributed by atoms with van der Waals surface area (Å²) in [4.78, 5) is 11.2. The van der Waals surface area contributed by atoms with Crippen molar-refractivity contribution in [2.75, 3.05) is 11.4 Å². The van der Waals surface area contributed by atoms with Gasteiger partial charge in [0.25, 0.3) is 0 Å². The average Bonchev–Trinajstić information content (AvgIpc) is 3.15. The molecule has 0 amide bonds. The van der Waals surface area contributed by atoms with E-state index in [0.717, 1.165) is 25.2 Å². The Bertz CT molecular complexity index is 498. The lowest BCUT2D eigenvalue weighted by atomic mass is 10.2. The van der Waals surface area contributed by atoms with Crippen LogP contribution in [0.1, 0.15) is 36.9 Å². The molecular formula is C13H19N5O.